The molecule has 1 atom stereocenters. The van der Waals surface area contributed by atoms with Crippen molar-refractivity contribution in [3.05, 3.63) is 11.6 Å². The summed E-state index contributed by atoms with van der Waals surface area (Å²) in [6.07, 6.45) is 1.79. The van der Waals surface area contributed by atoms with E-state index in [1.165, 1.54) is 6.08 Å². The van der Waals surface area contributed by atoms with Crippen molar-refractivity contribution in [2.24, 2.45) is 5.41 Å². The van der Waals surface area contributed by atoms with Gasteiger partial charge in [0.25, 0.3) is 0 Å². The number of rotatable bonds is 0. The van der Waals surface area contributed by atoms with E-state index >= 15 is 0 Å². The second-order valence-electron chi connectivity index (χ2n) is 5.61. The van der Waals surface area contributed by atoms with Crippen LogP contribution in [0, 0.1) is 28.1 Å². The van der Waals surface area contributed by atoms with Crippen LogP contribution >= 0.6 is 0 Å². The highest BCUT2D eigenvalue weighted by atomic mass is 16.2. The Morgan fingerprint density at radius 3 is 2.41 bits per heavy atom. The maximum Gasteiger partial charge on any atom is 0.243 e. The van der Waals surface area contributed by atoms with Crippen molar-refractivity contribution in [1.29, 1.82) is 10.5 Å². The lowest BCUT2D eigenvalue weighted by Gasteiger charge is -2.44. The molecule has 1 aliphatic rings. The highest BCUT2D eigenvalue weighted by molar-refractivity contribution is 5.87. The normalized spacial score (nSPS) is 27.8. The summed E-state index contributed by atoms with van der Waals surface area (Å²) in [7, 11) is 0. The van der Waals surface area contributed by atoms with Crippen molar-refractivity contribution >= 4 is 5.91 Å². The lowest BCUT2D eigenvalue weighted by atomic mass is 9.78. The molecule has 4 nitrogen and oxygen atoms in total. The molecule has 1 rings (SSSR count). The van der Waals surface area contributed by atoms with E-state index in [-0.39, 0.29) is 11.4 Å². The van der Waals surface area contributed by atoms with Crippen LogP contribution in [0.3, 0.4) is 0 Å². The topological polar surface area (TPSA) is 67.9 Å². The average Bonchev–Trinajstić information content (AvgIpc) is 2.22. The van der Waals surface area contributed by atoms with Gasteiger partial charge in [-0.15, -0.1) is 0 Å². The lowest BCUT2D eigenvalue weighted by molar-refractivity contribution is -0.145. The molecule has 90 valence electrons. The minimum absolute atomic E-state index is 0.150. The molecule has 0 spiro atoms. The number of carbonyl (C=O) groups is 1. The van der Waals surface area contributed by atoms with Gasteiger partial charge in [0, 0.05) is 18.2 Å². The van der Waals surface area contributed by atoms with E-state index in [1.54, 1.807) is 11.8 Å². The van der Waals surface area contributed by atoms with Crippen molar-refractivity contribution in [3.8, 4) is 12.1 Å². The Balaban J connectivity index is 3.19. The minimum atomic E-state index is -1.05. The number of nitrogens with zero attached hydrogens (tertiary/aromatic N) is 3. The van der Waals surface area contributed by atoms with E-state index in [1.807, 2.05) is 26.8 Å². The van der Waals surface area contributed by atoms with Gasteiger partial charge in [0.1, 0.15) is 5.41 Å². The summed E-state index contributed by atoms with van der Waals surface area (Å²) >= 11 is 0. The number of allylic oxidation sites excluding steroid dienone is 1. The largest absolute Gasteiger partial charge is 0.332 e. The molecule has 1 aliphatic heterocycles. The Labute approximate surface area is 102 Å². The Morgan fingerprint density at radius 2 is 2.00 bits per heavy atom. The molecule has 0 N–H and O–H groups in total. The average molecular weight is 231 g/mol. The van der Waals surface area contributed by atoms with Crippen molar-refractivity contribution in [2.45, 2.75) is 39.7 Å². The summed E-state index contributed by atoms with van der Waals surface area (Å²) in [5.74, 6) is -0.150. The van der Waals surface area contributed by atoms with Gasteiger partial charge in [0.05, 0.1) is 12.1 Å². The number of nitriles is 2. The van der Waals surface area contributed by atoms with Gasteiger partial charge in [-0.05, 0) is 39.7 Å². The van der Waals surface area contributed by atoms with E-state index < -0.39 is 5.41 Å². The highest BCUT2D eigenvalue weighted by Crippen LogP contribution is 2.36. The number of hydrogen-bond donors (Lipinski definition) is 0. The molecule has 1 heterocycles. The van der Waals surface area contributed by atoms with Crippen LogP contribution in [-0.2, 0) is 4.79 Å². The number of piperidine rings is 1. The zero-order valence-electron chi connectivity index (χ0n) is 10.7. The third kappa shape index (κ3) is 2.47. The molecule has 0 bridgehead atoms. The fourth-order valence-corrected chi connectivity index (χ4v) is 1.98. The fourth-order valence-electron chi connectivity index (χ4n) is 1.98. The van der Waals surface area contributed by atoms with Crippen LogP contribution in [-0.4, -0.2) is 22.9 Å². The summed E-state index contributed by atoms with van der Waals surface area (Å²) in [6, 6.07) is 4.06. The predicted molar refractivity (Wildman–Crippen MR) is 63.5 cm³/mol. The van der Waals surface area contributed by atoms with Crippen molar-refractivity contribution in [1.82, 2.24) is 4.90 Å². The first-order valence-electron chi connectivity index (χ1n) is 5.55. The molecule has 0 radical (unpaired) electrons. The standard InChI is InChI=1S/C13H17N3O/c1-12(2,3)16-8-10(5-6-14)7-13(4,9-15)11(16)17/h5H,7-8H2,1-4H3/b10-5-. The molecular formula is C13H17N3O. The smallest absolute Gasteiger partial charge is 0.243 e. The third-order valence-corrected chi connectivity index (χ3v) is 2.98. The maximum absolute atomic E-state index is 12.3. The van der Waals surface area contributed by atoms with Crippen LogP contribution in [0.25, 0.3) is 0 Å². The van der Waals surface area contributed by atoms with Gasteiger partial charge >= 0.3 is 0 Å². The predicted octanol–water partition coefficient (Wildman–Crippen LogP) is 2.00. The van der Waals surface area contributed by atoms with Gasteiger partial charge in [-0.1, -0.05) is 0 Å². The van der Waals surface area contributed by atoms with Gasteiger partial charge < -0.3 is 4.90 Å². The van der Waals surface area contributed by atoms with Crippen LogP contribution in [0.15, 0.2) is 11.6 Å². The second-order valence-corrected chi connectivity index (χ2v) is 5.61. The Hall–Kier alpha value is -1.81. The Kier molecular flexibility index (Phi) is 3.29. The van der Waals surface area contributed by atoms with Crippen LogP contribution < -0.4 is 0 Å². The molecule has 4 heteroatoms. The molecule has 0 saturated carbocycles. The van der Waals surface area contributed by atoms with Gasteiger partial charge in [-0.3, -0.25) is 4.79 Å². The Morgan fingerprint density at radius 1 is 1.41 bits per heavy atom. The van der Waals surface area contributed by atoms with Crippen LogP contribution in [0.2, 0.25) is 0 Å². The van der Waals surface area contributed by atoms with Gasteiger partial charge in [-0.2, -0.15) is 10.5 Å². The first-order chi connectivity index (χ1) is 7.74. The fraction of sp³-hybridized carbons (Fsp3) is 0.615. The molecule has 1 saturated heterocycles. The van der Waals surface area contributed by atoms with E-state index in [0.29, 0.717) is 13.0 Å². The van der Waals surface area contributed by atoms with Crippen molar-refractivity contribution in [3.63, 3.8) is 0 Å². The number of carbonyl (C=O) groups excluding carboxylic acids is 1. The van der Waals surface area contributed by atoms with Crippen LogP contribution in [0.5, 0.6) is 0 Å². The summed E-state index contributed by atoms with van der Waals surface area (Å²) in [5.41, 5.74) is -0.552. The van der Waals surface area contributed by atoms with Gasteiger partial charge in [0.2, 0.25) is 5.91 Å². The molecule has 17 heavy (non-hydrogen) atoms. The molecule has 1 amide bonds. The monoisotopic (exact) mass is 231 g/mol. The third-order valence-electron chi connectivity index (χ3n) is 2.98. The number of hydrogen-bond acceptors (Lipinski definition) is 3. The molecule has 1 fully saturated rings. The van der Waals surface area contributed by atoms with Crippen LogP contribution in [0.1, 0.15) is 34.1 Å². The van der Waals surface area contributed by atoms with Crippen molar-refractivity contribution in [2.75, 3.05) is 6.54 Å². The zero-order valence-corrected chi connectivity index (χ0v) is 10.7. The molecular weight excluding hydrogens is 214 g/mol. The first-order valence-corrected chi connectivity index (χ1v) is 5.55. The SMILES string of the molecule is CC1(C#N)C/C(=C/C#N)CN(C(C)(C)C)C1=O. The number of amides is 1. The molecule has 0 aliphatic carbocycles. The Bertz CT molecular complexity index is 445. The second kappa shape index (κ2) is 4.22. The van der Waals surface area contributed by atoms with Gasteiger partial charge in [0.15, 0.2) is 0 Å². The molecule has 0 aromatic rings. The lowest BCUT2D eigenvalue weighted by Crippen LogP contribution is -2.55. The quantitative estimate of drug-likeness (QED) is 0.599. The van der Waals surface area contributed by atoms with E-state index in [0.717, 1.165) is 5.57 Å². The highest BCUT2D eigenvalue weighted by Gasteiger charge is 2.45. The minimum Gasteiger partial charge on any atom is -0.332 e. The number of likely N-dealkylation sites (tertiary alicyclic amines) is 1. The summed E-state index contributed by atoms with van der Waals surface area (Å²) in [4.78, 5) is 13.9. The zero-order chi connectivity index (χ0) is 13.3. The van der Waals surface area contributed by atoms with E-state index in [4.69, 9.17) is 5.26 Å². The van der Waals surface area contributed by atoms with E-state index in [9.17, 15) is 10.1 Å². The van der Waals surface area contributed by atoms with E-state index in [2.05, 4.69) is 6.07 Å². The van der Waals surface area contributed by atoms with Crippen LogP contribution in [0.4, 0.5) is 0 Å². The molecule has 0 aromatic heterocycles. The summed E-state index contributed by atoms with van der Waals surface area (Å²) in [6.45, 7) is 7.86. The molecule has 0 aromatic carbocycles. The summed E-state index contributed by atoms with van der Waals surface area (Å²) in [5, 5.41) is 17.9. The molecule has 1 unspecified atom stereocenters. The summed E-state index contributed by atoms with van der Waals surface area (Å²) < 4.78 is 0. The van der Waals surface area contributed by atoms with Gasteiger partial charge in [-0.25, -0.2) is 0 Å². The first kappa shape index (κ1) is 13.3. The maximum atomic E-state index is 12.3. The van der Waals surface area contributed by atoms with Crippen molar-refractivity contribution < 1.29 is 4.79 Å².